The lowest BCUT2D eigenvalue weighted by atomic mass is 10.0. The van der Waals surface area contributed by atoms with Gasteiger partial charge in [-0.2, -0.15) is 13.2 Å². The number of nitrogen functional groups attached to an aromatic ring is 1. The highest BCUT2D eigenvalue weighted by Crippen LogP contribution is 2.34. The molecular formula is C25H28F3N5O2. The molecule has 1 fully saturated rings. The van der Waals surface area contributed by atoms with Crippen LogP contribution in [0.5, 0.6) is 0 Å². The van der Waals surface area contributed by atoms with Crippen molar-refractivity contribution in [2.24, 2.45) is 4.99 Å². The van der Waals surface area contributed by atoms with Gasteiger partial charge in [-0.15, -0.1) is 0 Å². The van der Waals surface area contributed by atoms with E-state index in [1.807, 2.05) is 19.1 Å². The van der Waals surface area contributed by atoms with E-state index in [0.29, 0.717) is 41.0 Å². The van der Waals surface area contributed by atoms with Crippen molar-refractivity contribution in [1.29, 1.82) is 0 Å². The van der Waals surface area contributed by atoms with Crippen molar-refractivity contribution in [3.8, 4) is 0 Å². The highest BCUT2D eigenvalue weighted by atomic mass is 19.4. The van der Waals surface area contributed by atoms with Gasteiger partial charge in [0.1, 0.15) is 12.6 Å². The number of piperidine rings is 1. The van der Waals surface area contributed by atoms with E-state index in [9.17, 15) is 22.8 Å². The van der Waals surface area contributed by atoms with Crippen LogP contribution in [0, 0.1) is 0 Å². The molecule has 3 N–H and O–H groups in total. The minimum Gasteiger partial charge on any atom is -0.398 e. The van der Waals surface area contributed by atoms with Crippen LogP contribution in [-0.2, 0) is 11.3 Å². The third kappa shape index (κ3) is 4.96. The van der Waals surface area contributed by atoms with Gasteiger partial charge in [0.15, 0.2) is 0 Å². The third-order valence-corrected chi connectivity index (χ3v) is 6.60. The van der Waals surface area contributed by atoms with Crippen LogP contribution in [0.15, 0.2) is 41.4 Å². The van der Waals surface area contributed by atoms with Crippen LogP contribution in [0.25, 0.3) is 0 Å². The Labute approximate surface area is 201 Å². The molecule has 0 radical (unpaired) electrons. The number of alkyl halides is 3. The van der Waals surface area contributed by atoms with E-state index in [1.54, 1.807) is 31.3 Å². The number of rotatable bonds is 5. The third-order valence-electron chi connectivity index (χ3n) is 6.60. The largest absolute Gasteiger partial charge is 0.408 e. The maximum absolute atomic E-state index is 13.4. The fraction of sp³-hybridized carbons (Fsp3) is 0.400. The van der Waals surface area contributed by atoms with Crippen molar-refractivity contribution in [1.82, 2.24) is 9.80 Å². The average Bonchev–Trinajstić information content (AvgIpc) is 3.14. The smallest absolute Gasteiger partial charge is 0.398 e. The molecule has 0 saturated carbocycles. The lowest BCUT2D eigenvalue weighted by molar-refractivity contribution is -0.196. The molecule has 2 amide bonds. The van der Waals surface area contributed by atoms with Crippen molar-refractivity contribution in [2.75, 3.05) is 31.2 Å². The zero-order valence-electron chi connectivity index (χ0n) is 19.7. The highest BCUT2D eigenvalue weighted by Gasteiger charge is 2.46. The predicted molar refractivity (Wildman–Crippen MR) is 129 cm³/mol. The predicted octanol–water partition coefficient (Wildman–Crippen LogP) is 4.35. The Bertz CT molecular complexity index is 1180. The second-order valence-electron chi connectivity index (χ2n) is 8.88. The lowest BCUT2D eigenvalue weighted by Crippen LogP contribution is -2.53. The molecule has 0 bridgehead atoms. The van der Waals surface area contributed by atoms with E-state index in [1.165, 1.54) is 4.90 Å². The van der Waals surface area contributed by atoms with Gasteiger partial charge in [-0.3, -0.25) is 14.6 Å². The normalized spacial score (nSPS) is 18.6. The molecule has 7 nitrogen and oxygen atoms in total. The number of hydrogen-bond acceptors (Lipinski definition) is 5. The summed E-state index contributed by atoms with van der Waals surface area (Å²) in [4.78, 5) is 32.4. The van der Waals surface area contributed by atoms with Crippen molar-refractivity contribution in [3.63, 3.8) is 0 Å². The van der Waals surface area contributed by atoms with Crippen LogP contribution in [0.3, 0.4) is 0 Å². The number of nitrogens with two attached hydrogens (primary N) is 1. The Morgan fingerprint density at radius 2 is 2.00 bits per heavy atom. The molecule has 2 aromatic carbocycles. The van der Waals surface area contributed by atoms with E-state index in [-0.39, 0.29) is 19.5 Å². The number of aliphatic imine (C=N–C) groups is 1. The number of benzene rings is 2. The molecule has 0 aliphatic carbocycles. The van der Waals surface area contributed by atoms with E-state index >= 15 is 0 Å². The summed E-state index contributed by atoms with van der Waals surface area (Å²) in [7, 11) is 1.69. The van der Waals surface area contributed by atoms with Gasteiger partial charge in [0.05, 0.1) is 11.3 Å². The van der Waals surface area contributed by atoms with Crippen LogP contribution in [0.1, 0.15) is 47.7 Å². The Morgan fingerprint density at radius 1 is 1.23 bits per heavy atom. The Morgan fingerprint density at radius 3 is 2.69 bits per heavy atom. The van der Waals surface area contributed by atoms with Crippen molar-refractivity contribution in [2.45, 2.75) is 44.9 Å². The van der Waals surface area contributed by atoms with Gasteiger partial charge in [-0.05, 0) is 56.0 Å². The van der Waals surface area contributed by atoms with Crippen LogP contribution in [0.2, 0.25) is 0 Å². The fourth-order valence-electron chi connectivity index (χ4n) is 4.72. The molecule has 186 valence electrons. The zero-order chi connectivity index (χ0) is 25.3. The minimum atomic E-state index is -4.48. The SMILES string of the molecule is CN=C(C)c1ccc(Nc2cccc3c2C(=O)N(CC(=O)N2CCCCC2C(F)(F)F)C3)cc1N. The first-order chi connectivity index (χ1) is 16.6. The summed E-state index contributed by atoms with van der Waals surface area (Å²) in [5.74, 6) is -1.07. The number of amides is 2. The summed E-state index contributed by atoms with van der Waals surface area (Å²) < 4.78 is 40.3. The summed E-state index contributed by atoms with van der Waals surface area (Å²) in [5, 5.41) is 3.21. The van der Waals surface area contributed by atoms with E-state index in [4.69, 9.17) is 5.73 Å². The molecule has 0 aromatic heterocycles. The van der Waals surface area contributed by atoms with Crippen molar-refractivity contribution in [3.05, 3.63) is 53.1 Å². The number of anilines is 3. The molecule has 4 rings (SSSR count). The van der Waals surface area contributed by atoms with Crippen molar-refractivity contribution < 1.29 is 22.8 Å². The Kier molecular flexibility index (Phi) is 6.73. The molecule has 0 spiro atoms. The lowest BCUT2D eigenvalue weighted by Gasteiger charge is -2.37. The molecule has 2 aliphatic rings. The number of nitrogens with one attached hydrogen (secondary N) is 1. The number of carbonyl (C=O) groups excluding carboxylic acids is 2. The maximum Gasteiger partial charge on any atom is 0.408 e. The molecule has 2 heterocycles. The van der Waals surface area contributed by atoms with Gasteiger partial charge < -0.3 is 20.9 Å². The van der Waals surface area contributed by atoms with Crippen LogP contribution < -0.4 is 11.1 Å². The summed E-state index contributed by atoms with van der Waals surface area (Å²) in [6.07, 6.45) is -3.65. The first-order valence-electron chi connectivity index (χ1n) is 11.5. The second-order valence-corrected chi connectivity index (χ2v) is 8.88. The van der Waals surface area contributed by atoms with Gasteiger partial charge in [0.2, 0.25) is 5.91 Å². The first kappa shape index (κ1) is 24.6. The van der Waals surface area contributed by atoms with Gasteiger partial charge >= 0.3 is 6.18 Å². The molecule has 1 atom stereocenters. The van der Waals surface area contributed by atoms with E-state index in [0.717, 1.165) is 16.2 Å². The molecule has 1 saturated heterocycles. The van der Waals surface area contributed by atoms with Gasteiger partial charge in [-0.25, -0.2) is 0 Å². The number of halogens is 3. The molecule has 2 aliphatic heterocycles. The Balaban J connectivity index is 1.51. The monoisotopic (exact) mass is 487 g/mol. The van der Waals surface area contributed by atoms with E-state index in [2.05, 4.69) is 10.3 Å². The molecule has 1 unspecified atom stereocenters. The number of nitrogens with zero attached hydrogens (tertiary/aromatic N) is 3. The highest BCUT2D eigenvalue weighted by molar-refractivity contribution is 6.06. The van der Waals surface area contributed by atoms with Gasteiger partial charge in [0.25, 0.3) is 5.91 Å². The summed E-state index contributed by atoms with van der Waals surface area (Å²) in [6, 6.07) is 8.93. The number of likely N-dealkylation sites (tertiary alicyclic amines) is 1. The average molecular weight is 488 g/mol. The topological polar surface area (TPSA) is 91.0 Å². The molecule has 35 heavy (non-hydrogen) atoms. The van der Waals surface area contributed by atoms with Crippen LogP contribution in [0.4, 0.5) is 30.2 Å². The summed E-state index contributed by atoms with van der Waals surface area (Å²) >= 11 is 0. The summed E-state index contributed by atoms with van der Waals surface area (Å²) in [6.45, 7) is 1.67. The minimum absolute atomic E-state index is 0.0461. The van der Waals surface area contributed by atoms with Gasteiger partial charge in [-0.1, -0.05) is 12.1 Å². The Hall–Kier alpha value is -3.56. The number of hydrogen-bond donors (Lipinski definition) is 2. The zero-order valence-corrected chi connectivity index (χ0v) is 19.7. The molecular weight excluding hydrogens is 459 g/mol. The van der Waals surface area contributed by atoms with Gasteiger partial charge in [0, 0.05) is 42.8 Å². The van der Waals surface area contributed by atoms with E-state index < -0.39 is 30.6 Å². The maximum atomic E-state index is 13.4. The second kappa shape index (κ2) is 9.59. The summed E-state index contributed by atoms with van der Waals surface area (Å²) in [5.41, 5.74) is 10.6. The molecule has 2 aromatic rings. The number of fused-ring (bicyclic) bond motifs is 1. The first-order valence-corrected chi connectivity index (χ1v) is 11.5. The van der Waals surface area contributed by atoms with Crippen LogP contribution in [-0.4, -0.2) is 59.7 Å². The van der Waals surface area contributed by atoms with Crippen LogP contribution >= 0.6 is 0 Å². The fourth-order valence-corrected chi connectivity index (χ4v) is 4.72. The number of carbonyl (C=O) groups is 2. The van der Waals surface area contributed by atoms with Crippen molar-refractivity contribution >= 4 is 34.6 Å². The quantitative estimate of drug-likeness (QED) is 0.485. The standard InChI is InChI=1S/C25H28F3N5O2/c1-15(30-2)18-10-9-17(12-19(18)29)31-20-7-5-6-16-13-32(24(35)23(16)20)14-22(34)33-11-4-3-8-21(33)25(26,27)28/h5-7,9-10,12,21,31H,3-4,8,11,13-14,29H2,1-2H3. The molecule has 10 heteroatoms.